The van der Waals surface area contributed by atoms with Crippen molar-refractivity contribution >= 4 is 17.5 Å². The standard InChI is InChI=1S/C14H20N4O2/c1-8-7-10(3-6-12(8)18-15)14(20)16-9(2)13(19)17-11-4-5-11/h3,6-7,9,11,18H,4-5,15H2,1-2H3,(H,16,20)(H,17,19). The molecule has 0 radical (unpaired) electrons. The fraction of sp³-hybridized carbons (Fsp3) is 0.429. The molecule has 2 amide bonds. The number of amides is 2. The van der Waals surface area contributed by atoms with Crippen LogP contribution in [0.15, 0.2) is 18.2 Å². The zero-order valence-electron chi connectivity index (χ0n) is 11.7. The van der Waals surface area contributed by atoms with Crippen LogP contribution in [0.2, 0.25) is 0 Å². The van der Waals surface area contributed by atoms with Gasteiger partial charge >= 0.3 is 0 Å². The van der Waals surface area contributed by atoms with Gasteiger partial charge in [-0.3, -0.25) is 15.4 Å². The second kappa shape index (κ2) is 5.92. The van der Waals surface area contributed by atoms with Crippen molar-refractivity contribution in [1.29, 1.82) is 0 Å². The minimum atomic E-state index is -0.546. The Kier molecular flexibility index (Phi) is 4.24. The summed E-state index contributed by atoms with van der Waals surface area (Å²) in [7, 11) is 0. The van der Waals surface area contributed by atoms with E-state index in [2.05, 4.69) is 16.1 Å². The topological polar surface area (TPSA) is 96.2 Å². The Morgan fingerprint density at radius 3 is 2.60 bits per heavy atom. The van der Waals surface area contributed by atoms with E-state index in [1.807, 2.05) is 6.92 Å². The molecule has 0 heterocycles. The fourth-order valence-corrected chi connectivity index (χ4v) is 1.87. The van der Waals surface area contributed by atoms with Gasteiger partial charge in [-0.15, -0.1) is 0 Å². The lowest BCUT2D eigenvalue weighted by molar-refractivity contribution is -0.122. The number of hydrazine groups is 1. The van der Waals surface area contributed by atoms with Gasteiger partial charge in [-0.2, -0.15) is 0 Å². The SMILES string of the molecule is Cc1cc(C(=O)NC(C)C(=O)NC2CC2)ccc1NN. The highest BCUT2D eigenvalue weighted by Crippen LogP contribution is 2.18. The predicted octanol–water partition coefficient (Wildman–Crippen LogP) is 0.678. The highest BCUT2D eigenvalue weighted by atomic mass is 16.2. The number of carbonyl (C=O) groups excluding carboxylic acids is 2. The summed E-state index contributed by atoms with van der Waals surface area (Å²) < 4.78 is 0. The molecule has 0 aliphatic heterocycles. The van der Waals surface area contributed by atoms with Gasteiger partial charge in [0.25, 0.3) is 5.91 Å². The van der Waals surface area contributed by atoms with Gasteiger partial charge in [0.15, 0.2) is 0 Å². The summed E-state index contributed by atoms with van der Waals surface area (Å²) in [6, 6.07) is 4.88. The summed E-state index contributed by atoms with van der Waals surface area (Å²) >= 11 is 0. The van der Waals surface area contributed by atoms with E-state index < -0.39 is 6.04 Å². The predicted molar refractivity (Wildman–Crippen MR) is 77.1 cm³/mol. The first-order valence-electron chi connectivity index (χ1n) is 6.69. The molecule has 1 aromatic rings. The van der Waals surface area contributed by atoms with Crippen LogP contribution in [0.5, 0.6) is 0 Å². The van der Waals surface area contributed by atoms with Crippen molar-refractivity contribution in [2.24, 2.45) is 5.84 Å². The lowest BCUT2D eigenvalue weighted by Crippen LogP contribution is -2.45. The van der Waals surface area contributed by atoms with Crippen LogP contribution >= 0.6 is 0 Å². The van der Waals surface area contributed by atoms with Gasteiger partial charge in [0.1, 0.15) is 6.04 Å². The maximum Gasteiger partial charge on any atom is 0.251 e. The Bertz CT molecular complexity index is 526. The van der Waals surface area contributed by atoms with E-state index >= 15 is 0 Å². The van der Waals surface area contributed by atoms with Gasteiger partial charge in [0.2, 0.25) is 5.91 Å². The molecule has 5 N–H and O–H groups in total. The molecule has 0 aromatic heterocycles. The molecular formula is C14H20N4O2. The van der Waals surface area contributed by atoms with Crippen molar-refractivity contribution in [3.8, 4) is 0 Å². The maximum atomic E-state index is 12.1. The number of hydrogen-bond donors (Lipinski definition) is 4. The molecule has 1 saturated carbocycles. The van der Waals surface area contributed by atoms with E-state index in [9.17, 15) is 9.59 Å². The first-order valence-corrected chi connectivity index (χ1v) is 6.69. The van der Waals surface area contributed by atoms with E-state index in [0.717, 1.165) is 24.1 Å². The van der Waals surface area contributed by atoms with Gasteiger partial charge in [-0.05, 0) is 50.5 Å². The summed E-state index contributed by atoms with van der Waals surface area (Å²) in [4.78, 5) is 23.8. The molecule has 6 nitrogen and oxygen atoms in total. The van der Waals surface area contributed by atoms with Crippen LogP contribution < -0.4 is 21.9 Å². The number of benzene rings is 1. The van der Waals surface area contributed by atoms with Crippen molar-refractivity contribution in [3.63, 3.8) is 0 Å². The molecule has 1 atom stereocenters. The van der Waals surface area contributed by atoms with E-state index in [4.69, 9.17) is 5.84 Å². The average molecular weight is 276 g/mol. The number of nitrogens with one attached hydrogen (secondary N) is 3. The largest absolute Gasteiger partial charge is 0.352 e. The Labute approximate surface area is 118 Å². The second-order valence-electron chi connectivity index (χ2n) is 5.15. The van der Waals surface area contributed by atoms with Gasteiger partial charge < -0.3 is 16.1 Å². The van der Waals surface area contributed by atoms with Crippen molar-refractivity contribution in [2.45, 2.75) is 38.8 Å². The normalized spacial score (nSPS) is 15.3. The summed E-state index contributed by atoms with van der Waals surface area (Å²) in [6.07, 6.45) is 2.05. The molecule has 108 valence electrons. The van der Waals surface area contributed by atoms with Crippen LogP contribution in [-0.4, -0.2) is 23.9 Å². The van der Waals surface area contributed by atoms with Crippen molar-refractivity contribution < 1.29 is 9.59 Å². The molecule has 1 unspecified atom stereocenters. The van der Waals surface area contributed by atoms with Crippen molar-refractivity contribution in [1.82, 2.24) is 10.6 Å². The maximum absolute atomic E-state index is 12.1. The van der Waals surface area contributed by atoms with Crippen LogP contribution in [-0.2, 0) is 4.79 Å². The molecule has 0 saturated heterocycles. The summed E-state index contributed by atoms with van der Waals surface area (Å²) in [6.45, 7) is 3.54. The van der Waals surface area contributed by atoms with E-state index in [1.165, 1.54) is 0 Å². The Hall–Kier alpha value is -2.08. The second-order valence-corrected chi connectivity index (χ2v) is 5.15. The third-order valence-corrected chi connectivity index (χ3v) is 3.31. The quantitative estimate of drug-likeness (QED) is 0.469. The molecular weight excluding hydrogens is 256 g/mol. The lowest BCUT2D eigenvalue weighted by atomic mass is 10.1. The monoisotopic (exact) mass is 276 g/mol. The van der Waals surface area contributed by atoms with Gasteiger partial charge in [0.05, 0.1) is 5.69 Å². The number of rotatable bonds is 5. The molecule has 2 rings (SSSR count). The minimum Gasteiger partial charge on any atom is -0.352 e. The van der Waals surface area contributed by atoms with Crippen LogP contribution in [0.1, 0.15) is 35.7 Å². The fourth-order valence-electron chi connectivity index (χ4n) is 1.87. The van der Waals surface area contributed by atoms with Gasteiger partial charge in [-0.1, -0.05) is 0 Å². The molecule has 0 spiro atoms. The Morgan fingerprint density at radius 1 is 1.35 bits per heavy atom. The molecule has 1 aliphatic carbocycles. The minimum absolute atomic E-state index is 0.141. The number of aryl methyl sites for hydroxylation is 1. The average Bonchev–Trinajstić information content (AvgIpc) is 3.22. The summed E-state index contributed by atoms with van der Waals surface area (Å²) in [5.41, 5.74) is 4.70. The highest BCUT2D eigenvalue weighted by Gasteiger charge is 2.26. The van der Waals surface area contributed by atoms with Gasteiger partial charge in [-0.25, -0.2) is 0 Å². The molecule has 1 aliphatic rings. The van der Waals surface area contributed by atoms with E-state index in [1.54, 1.807) is 25.1 Å². The molecule has 1 fully saturated rings. The first kappa shape index (κ1) is 14.3. The highest BCUT2D eigenvalue weighted by molar-refractivity contribution is 5.98. The molecule has 1 aromatic carbocycles. The summed E-state index contributed by atoms with van der Waals surface area (Å²) in [5, 5.41) is 5.55. The molecule has 0 bridgehead atoms. The third kappa shape index (κ3) is 3.48. The summed E-state index contributed by atoms with van der Waals surface area (Å²) in [5.74, 6) is 4.94. The Balaban J connectivity index is 1.96. The van der Waals surface area contributed by atoms with E-state index in [0.29, 0.717) is 11.6 Å². The van der Waals surface area contributed by atoms with Gasteiger partial charge in [0, 0.05) is 11.6 Å². The first-order chi connectivity index (χ1) is 9.51. The van der Waals surface area contributed by atoms with Crippen molar-refractivity contribution in [2.75, 3.05) is 5.43 Å². The zero-order valence-corrected chi connectivity index (χ0v) is 11.7. The van der Waals surface area contributed by atoms with Crippen molar-refractivity contribution in [3.05, 3.63) is 29.3 Å². The lowest BCUT2D eigenvalue weighted by Gasteiger charge is -2.14. The zero-order chi connectivity index (χ0) is 14.7. The number of nitrogens with two attached hydrogens (primary N) is 1. The number of carbonyl (C=O) groups is 2. The number of anilines is 1. The Morgan fingerprint density at radius 2 is 2.05 bits per heavy atom. The molecule has 6 heteroatoms. The number of nitrogen functional groups attached to an aromatic ring is 1. The third-order valence-electron chi connectivity index (χ3n) is 3.31. The molecule has 20 heavy (non-hydrogen) atoms. The van der Waals surface area contributed by atoms with Crippen LogP contribution in [0.4, 0.5) is 5.69 Å². The van der Waals surface area contributed by atoms with Crippen LogP contribution in [0, 0.1) is 6.92 Å². The smallest absolute Gasteiger partial charge is 0.251 e. The van der Waals surface area contributed by atoms with Crippen LogP contribution in [0.25, 0.3) is 0 Å². The number of hydrogen-bond acceptors (Lipinski definition) is 4. The van der Waals surface area contributed by atoms with E-state index in [-0.39, 0.29) is 11.8 Å². The van der Waals surface area contributed by atoms with Crippen LogP contribution in [0.3, 0.4) is 0 Å².